The summed E-state index contributed by atoms with van der Waals surface area (Å²) in [5, 5.41) is 14.0. The van der Waals surface area contributed by atoms with E-state index in [-0.39, 0.29) is 17.2 Å². The SMILES string of the molecule is O=C(O)Nc1ccc(C#Cc2ccc(F)cc2)cc1NC(=O)CC(=O)c1cccc(-c2cccnc2)c1. The fourth-order valence-electron chi connectivity index (χ4n) is 3.48. The summed E-state index contributed by atoms with van der Waals surface area (Å²) in [6.45, 7) is 0. The summed E-state index contributed by atoms with van der Waals surface area (Å²) in [4.78, 5) is 40.8. The van der Waals surface area contributed by atoms with Gasteiger partial charge in [-0.1, -0.05) is 36.1 Å². The van der Waals surface area contributed by atoms with Crippen molar-refractivity contribution < 1.29 is 23.9 Å². The zero-order chi connectivity index (χ0) is 26.2. The molecule has 0 bridgehead atoms. The number of Topliss-reactive ketones (excluding diaryl/α,β-unsaturated/α-hetero) is 1. The molecule has 0 saturated heterocycles. The molecule has 0 aliphatic heterocycles. The molecule has 8 heteroatoms. The predicted octanol–water partition coefficient (Wildman–Crippen LogP) is 5.59. The lowest BCUT2D eigenvalue weighted by Crippen LogP contribution is -2.18. The van der Waals surface area contributed by atoms with Crippen molar-refractivity contribution in [3.05, 3.63) is 114 Å². The maximum atomic E-state index is 13.1. The molecule has 0 unspecified atom stereocenters. The molecule has 7 nitrogen and oxygen atoms in total. The highest BCUT2D eigenvalue weighted by molar-refractivity contribution is 6.12. The molecule has 4 aromatic rings. The molecule has 0 fully saturated rings. The molecule has 1 aromatic heterocycles. The van der Waals surface area contributed by atoms with E-state index in [1.165, 1.54) is 36.4 Å². The topological polar surface area (TPSA) is 108 Å². The Bertz CT molecular complexity index is 1520. The third-order valence-electron chi connectivity index (χ3n) is 5.23. The van der Waals surface area contributed by atoms with Gasteiger partial charge in [-0.2, -0.15) is 0 Å². The first-order valence-corrected chi connectivity index (χ1v) is 11.1. The number of benzene rings is 3. The van der Waals surface area contributed by atoms with E-state index in [4.69, 9.17) is 5.11 Å². The standard InChI is InChI=1S/C29H20FN3O4/c30-24-11-8-19(9-12-24)6-7-20-10-13-25(33-29(36)37)26(15-20)32-28(35)17-27(34)22-4-1-3-21(16-22)23-5-2-14-31-18-23/h1-5,8-16,18,33H,17H2,(H,32,35)(H,36,37). The van der Waals surface area contributed by atoms with Crippen molar-refractivity contribution in [1.82, 2.24) is 4.98 Å². The van der Waals surface area contributed by atoms with E-state index in [1.54, 1.807) is 42.7 Å². The molecule has 1 heterocycles. The molecular formula is C29H20FN3O4. The van der Waals surface area contributed by atoms with Crippen LogP contribution in [0.15, 0.2) is 91.3 Å². The Morgan fingerprint density at radius 1 is 0.811 bits per heavy atom. The van der Waals surface area contributed by atoms with Crippen molar-refractivity contribution >= 4 is 29.2 Å². The number of rotatable bonds is 6. The number of carboxylic acid groups (broad SMARTS) is 1. The largest absolute Gasteiger partial charge is 0.465 e. The number of nitrogens with zero attached hydrogens (tertiary/aromatic N) is 1. The number of hydrogen-bond acceptors (Lipinski definition) is 4. The Hall–Kier alpha value is -5.29. The Balaban J connectivity index is 1.51. The second-order valence-corrected chi connectivity index (χ2v) is 7.92. The molecule has 0 aliphatic rings. The van der Waals surface area contributed by atoms with Crippen LogP contribution < -0.4 is 10.6 Å². The van der Waals surface area contributed by atoms with E-state index >= 15 is 0 Å². The summed E-state index contributed by atoms with van der Waals surface area (Å²) in [5.41, 5.74) is 3.32. The van der Waals surface area contributed by atoms with Crippen LogP contribution in [0, 0.1) is 17.7 Å². The van der Waals surface area contributed by atoms with Crippen molar-refractivity contribution in [3.8, 4) is 23.0 Å². The number of hydrogen-bond donors (Lipinski definition) is 3. The van der Waals surface area contributed by atoms with Crippen LogP contribution >= 0.6 is 0 Å². The van der Waals surface area contributed by atoms with Gasteiger partial charge in [-0.15, -0.1) is 0 Å². The van der Waals surface area contributed by atoms with Crippen LogP contribution in [0.4, 0.5) is 20.6 Å². The first-order valence-electron chi connectivity index (χ1n) is 11.1. The fourth-order valence-corrected chi connectivity index (χ4v) is 3.48. The monoisotopic (exact) mass is 493 g/mol. The third-order valence-corrected chi connectivity index (χ3v) is 5.23. The van der Waals surface area contributed by atoms with E-state index in [1.807, 2.05) is 12.1 Å². The van der Waals surface area contributed by atoms with Gasteiger partial charge in [0.1, 0.15) is 5.82 Å². The van der Waals surface area contributed by atoms with Crippen molar-refractivity contribution in [2.24, 2.45) is 0 Å². The lowest BCUT2D eigenvalue weighted by molar-refractivity contribution is -0.115. The fraction of sp³-hybridized carbons (Fsp3) is 0.0345. The second kappa shape index (κ2) is 11.4. The number of amides is 2. The van der Waals surface area contributed by atoms with Gasteiger partial charge in [0.05, 0.1) is 17.8 Å². The van der Waals surface area contributed by atoms with Crippen molar-refractivity contribution in [2.75, 3.05) is 10.6 Å². The van der Waals surface area contributed by atoms with Crippen molar-refractivity contribution in [2.45, 2.75) is 6.42 Å². The Morgan fingerprint density at radius 2 is 1.54 bits per heavy atom. The van der Waals surface area contributed by atoms with Gasteiger partial charge in [-0.25, -0.2) is 9.18 Å². The molecule has 4 rings (SSSR count). The van der Waals surface area contributed by atoms with Gasteiger partial charge in [0.25, 0.3) is 0 Å². The third kappa shape index (κ3) is 6.87. The van der Waals surface area contributed by atoms with Gasteiger partial charge in [0.15, 0.2) is 5.78 Å². The Kier molecular flexibility index (Phi) is 7.66. The maximum Gasteiger partial charge on any atom is 0.409 e. The highest BCUT2D eigenvalue weighted by Gasteiger charge is 2.15. The molecule has 0 saturated carbocycles. The zero-order valence-electron chi connectivity index (χ0n) is 19.4. The highest BCUT2D eigenvalue weighted by atomic mass is 19.1. The average molecular weight is 493 g/mol. The first-order chi connectivity index (χ1) is 17.9. The van der Waals surface area contributed by atoms with Gasteiger partial charge in [0, 0.05) is 34.6 Å². The summed E-state index contributed by atoms with van der Waals surface area (Å²) < 4.78 is 13.1. The van der Waals surface area contributed by atoms with E-state index in [2.05, 4.69) is 27.5 Å². The average Bonchev–Trinajstić information content (AvgIpc) is 2.90. The molecule has 0 atom stereocenters. The first kappa shape index (κ1) is 24.8. The molecular weight excluding hydrogens is 473 g/mol. The van der Waals surface area contributed by atoms with Gasteiger partial charge >= 0.3 is 6.09 Å². The second-order valence-electron chi connectivity index (χ2n) is 7.92. The Morgan fingerprint density at radius 3 is 2.27 bits per heavy atom. The number of carbonyl (C=O) groups excluding carboxylic acids is 2. The molecule has 182 valence electrons. The van der Waals surface area contributed by atoms with Crippen molar-refractivity contribution in [1.29, 1.82) is 0 Å². The quantitative estimate of drug-likeness (QED) is 0.184. The van der Waals surface area contributed by atoms with E-state index < -0.39 is 24.2 Å². The summed E-state index contributed by atoms with van der Waals surface area (Å²) in [5.74, 6) is 4.38. The minimum Gasteiger partial charge on any atom is -0.465 e. The highest BCUT2D eigenvalue weighted by Crippen LogP contribution is 2.24. The van der Waals surface area contributed by atoms with Gasteiger partial charge in [-0.3, -0.25) is 19.9 Å². The van der Waals surface area contributed by atoms with E-state index in [0.717, 1.165) is 11.1 Å². The molecule has 3 aromatic carbocycles. The van der Waals surface area contributed by atoms with Gasteiger partial charge in [-0.05, 0) is 60.2 Å². The number of pyridine rings is 1. The predicted molar refractivity (Wildman–Crippen MR) is 138 cm³/mol. The van der Waals surface area contributed by atoms with Crippen LogP contribution in [0.3, 0.4) is 0 Å². The molecule has 3 N–H and O–H groups in total. The lowest BCUT2D eigenvalue weighted by Gasteiger charge is -2.11. The number of carbonyl (C=O) groups is 3. The minimum absolute atomic E-state index is 0.124. The number of ketones is 1. The lowest BCUT2D eigenvalue weighted by atomic mass is 10.0. The van der Waals surface area contributed by atoms with Gasteiger partial charge < -0.3 is 10.4 Å². The van der Waals surface area contributed by atoms with Crippen LogP contribution in [0.5, 0.6) is 0 Å². The molecule has 2 amide bonds. The summed E-state index contributed by atoms with van der Waals surface area (Å²) >= 11 is 0. The van der Waals surface area contributed by atoms with Crippen molar-refractivity contribution in [3.63, 3.8) is 0 Å². The molecule has 37 heavy (non-hydrogen) atoms. The van der Waals surface area contributed by atoms with Crippen LogP contribution in [0.1, 0.15) is 27.9 Å². The van der Waals surface area contributed by atoms with Crippen LogP contribution in [-0.2, 0) is 4.79 Å². The smallest absolute Gasteiger partial charge is 0.409 e. The maximum absolute atomic E-state index is 13.1. The van der Waals surface area contributed by atoms with Crippen LogP contribution in [-0.4, -0.2) is 27.9 Å². The number of anilines is 2. The van der Waals surface area contributed by atoms with Crippen LogP contribution in [0.2, 0.25) is 0 Å². The van der Waals surface area contributed by atoms with Crippen LogP contribution in [0.25, 0.3) is 11.1 Å². The Labute approximate surface area is 212 Å². The summed E-state index contributed by atoms with van der Waals surface area (Å²) in [6, 6.07) is 20.7. The zero-order valence-corrected chi connectivity index (χ0v) is 19.4. The number of aromatic nitrogens is 1. The summed E-state index contributed by atoms with van der Waals surface area (Å²) in [6.07, 6.45) is 1.57. The number of halogens is 1. The van der Waals surface area contributed by atoms with E-state index in [0.29, 0.717) is 16.7 Å². The molecule has 0 radical (unpaired) electrons. The molecule has 0 spiro atoms. The minimum atomic E-state index is -1.32. The summed E-state index contributed by atoms with van der Waals surface area (Å²) in [7, 11) is 0. The molecule has 0 aliphatic carbocycles. The number of nitrogens with one attached hydrogen (secondary N) is 2. The van der Waals surface area contributed by atoms with E-state index in [9.17, 15) is 18.8 Å². The van der Waals surface area contributed by atoms with Gasteiger partial charge in [0.2, 0.25) is 5.91 Å². The normalized spacial score (nSPS) is 10.1.